The molecule has 0 saturated carbocycles. The smallest absolute Gasteiger partial charge is 0.395 e. The molecule has 25 heteroatoms. The van der Waals surface area contributed by atoms with Gasteiger partial charge in [0, 0.05) is 94.9 Å². The Kier molecular flexibility index (Phi) is 20.8. The number of rotatable bonds is 14. The van der Waals surface area contributed by atoms with E-state index in [0.717, 1.165) is 68.8 Å². The predicted molar refractivity (Wildman–Crippen MR) is 409 cm³/mol. The van der Waals surface area contributed by atoms with Crippen molar-refractivity contribution in [3.8, 4) is 0 Å². The highest BCUT2D eigenvalue weighted by Crippen LogP contribution is 2.37. The highest BCUT2D eigenvalue weighted by molar-refractivity contribution is 6.33. The number of anilines is 3. The number of fused-ring (bicyclic) bond motifs is 6. The number of benzodiazepines with no additional fused rings is 3. The Bertz CT molecular complexity index is 5690. The number of hydrogen-bond acceptors (Lipinski definition) is 10. The number of H-pyrrole nitrogens is 3. The van der Waals surface area contributed by atoms with E-state index in [1.165, 1.54) is 28.3 Å². The number of alkyl halides is 3. The second-order valence-electron chi connectivity index (χ2n) is 26.1. The summed E-state index contributed by atoms with van der Waals surface area (Å²) in [6.45, 7) is 6.79. The minimum Gasteiger partial charge on any atom is -0.395 e. The number of carbonyl (C=O) groups excluding carboxylic acids is 3. The van der Waals surface area contributed by atoms with Gasteiger partial charge in [0.2, 0.25) is 11.8 Å². The number of carbonyl (C=O) groups is 3. The number of aliphatic hydroxyl groups excluding tert-OH is 1. The number of aliphatic imine (C=N–C) groups is 3. The topological polar surface area (TPSA) is 249 Å². The van der Waals surface area contributed by atoms with Crippen LogP contribution in [0.2, 0.25) is 15.1 Å². The van der Waals surface area contributed by atoms with Gasteiger partial charge in [0.1, 0.15) is 18.1 Å². The highest BCUT2D eigenvalue weighted by atomic mass is 35.5. The van der Waals surface area contributed by atoms with Gasteiger partial charge in [-0.25, -0.2) is 14.4 Å². The predicted octanol–water partition coefficient (Wildman–Crippen LogP) is 14.0. The maximum absolute atomic E-state index is 13.7. The molecule has 105 heavy (non-hydrogen) atoms. The highest BCUT2D eigenvalue weighted by Gasteiger charge is 2.37. The molecule has 0 bridgehead atoms. The van der Waals surface area contributed by atoms with E-state index < -0.39 is 35.8 Å². The summed E-state index contributed by atoms with van der Waals surface area (Å²) in [6.07, 6.45) is -1.99. The van der Waals surface area contributed by atoms with Crippen LogP contribution in [0, 0.1) is 13.8 Å². The number of imidazole rings is 3. The summed E-state index contributed by atoms with van der Waals surface area (Å²) in [6, 6.07) is 51.1. The van der Waals surface area contributed by atoms with Crippen LogP contribution >= 0.6 is 34.8 Å². The van der Waals surface area contributed by atoms with Gasteiger partial charge in [-0.05, 0) is 134 Å². The second kappa shape index (κ2) is 30.3. The standard InChI is InChI=1S/C28H27ClN4O2.C27H25ClN4O3.C25H18ClF3N4O2/c1-3-4-13-33-25-12-9-19(15-23(25)32-28(33)35)26-21-16-20(29)10-11-22(21)31-27(34)24(30-26)14-18-7-5-17(2)6-8-18;1-16-3-5-17(6-4-16)13-22-26(34)32(11-12-33)23-10-8-19(28)15-20(23)25(29-22)18-7-9-24-21(14-18)30-27(35)31(24)2;1-33-21-11-14(6-8-19(21)32-24(33)35)22-16-12-15(26)7-9-18(16)31-23(34)20(30-22)10-13-4-2-3-5-17(13)25(27,28)29/h5-12,15-16,24H,3-4,13-14H2,1-2H3,(H,31,34)(H,32,35);3-10,14-15,22,33H,11-13H2,1-2H3,(H,30,35);2-9,11-12,20H,10H2,1H3,(H,31,34)(H,32,35). The zero-order valence-corrected chi connectivity index (χ0v) is 59.8. The van der Waals surface area contributed by atoms with Crippen molar-refractivity contribution in [1.29, 1.82) is 0 Å². The van der Waals surface area contributed by atoms with Crippen molar-refractivity contribution in [2.24, 2.45) is 29.1 Å². The number of benzene rings is 9. The largest absolute Gasteiger partial charge is 0.416 e. The number of β-amino-alcohol motifs (C(OH)–C–C–N with tert-alkyl or cyclic N) is 1. The number of amides is 3. The summed E-state index contributed by atoms with van der Waals surface area (Å²) in [5.74, 6) is -0.882. The second-order valence-corrected chi connectivity index (χ2v) is 27.4. The fourth-order valence-corrected chi connectivity index (χ4v) is 13.8. The van der Waals surface area contributed by atoms with E-state index in [9.17, 15) is 47.0 Å². The van der Waals surface area contributed by atoms with E-state index in [1.54, 1.807) is 94.9 Å². The fraction of sp³-hybridized carbons (Fsp3) is 0.212. The third-order valence-corrected chi connectivity index (χ3v) is 19.5. The number of aromatic amines is 3. The zero-order valence-electron chi connectivity index (χ0n) is 57.5. The average molecular weight is 1470 g/mol. The first-order valence-corrected chi connectivity index (χ1v) is 35.1. The Hall–Kier alpha value is -11.2. The van der Waals surface area contributed by atoms with Gasteiger partial charge < -0.3 is 35.6 Å². The van der Waals surface area contributed by atoms with Gasteiger partial charge in [0.15, 0.2) is 0 Å². The average Bonchev–Trinajstić information content (AvgIpc) is 1.68. The molecule has 6 heterocycles. The van der Waals surface area contributed by atoms with Crippen molar-refractivity contribution in [3.63, 3.8) is 0 Å². The normalized spacial score (nSPS) is 15.7. The number of unbranched alkanes of at least 4 members (excludes halogenated alkanes) is 1. The summed E-state index contributed by atoms with van der Waals surface area (Å²) in [5, 5.41) is 17.0. The van der Waals surface area contributed by atoms with Crippen LogP contribution < -0.4 is 32.6 Å². The van der Waals surface area contributed by atoms with Crippen LogP contribution in [0.15, 0.2) is 211 Å². The molecule has 3 atom stereocenters. The van der Waals surface area contributed by atoms with Gasteiger partial charge in [-0.15, -0.1) is 0 Å². The number of halogens is 6. The molecule has 534 valence electrons. The van der Waals surface area contributed by atoms with E-state index in [2.05, 4.69) is 37.5 Å². The monoisotopic (exact) mass is 1470 g/mol. The number of aromatic nitrogens is 6. The van der Waals surface area contributed by atoms with Crippen molar-refractivity contribution in [1.82, 2.24) is 28.7 Å². The van der Waals surface area contributed by atoms with Crippen molar-refractivity contribution in [2.75, 3.05) is 28.7 Å². The molecule has 0 spiro atoms. The van der Waals surface area contributed by atoms with Crippen molar-refractivity contribution in [2.45, 2.75) is 83.7 Å². The van der Waals surface area contributed by atoms with E-state index in [4.69, 9.17) is 44.8 Å². The van der Waals surface area contributed by atoms with Gasteiger partial charge in [-0.3, -0.25) is 43.1 Å². The lowest BCUT2D eigenvalue weighted by molar-refractivity contribution is -0.138. The van der Waals surface area contributed by atoms with E-state index in [-0.39, 0.29) is 54.0 Å². The molecule has 3 unspecified atom stereocenters. The zero-order chi connectivity index (χ0) is 74.1. The summed E-state index contributed by atoms with van der Waals surface area (Å²) in [7, 11) is 3.33. The number of aliphatic hydroxyl groups is 1. The van der Waals surface area contributed by atoms with Crippen molar-refractivity contribution >= 4 is 120 Å². The number of nitrogens with one attached hydrogen (secondary N) is 5. The van der Waals surface area contributed by atoms with Crippen molar-refractivity contribution < 1.29 is 32.7 Å². The quantitative estimate of drug-likeness (QED) is 0.0614. The van der Waals surface area contributed by atoms with Gasteiger partial charge in [0.05, 0.1) is 79.5 Å². The molecule has 0 radical (unpaired) electrons. The van der Waals surface area contributed by atoms with Crippen LogP contribution in [0.1, 0.15) is 86.5 Å². The molecule has 6 N–H and O–H groups in total. The summed E-state index contributed by atoms with van der Waals surface area (Å²) in [4.78, 5) is 101. The Morgan fingerprint density at radius 2 is 0.962 bits per heavy atom. The summed E-state index contributed by atoms with van der Waals surface area (Å²) in [5.41, 5.74) is 14.7. The maximum atomic E-state index is 13.7. The van der Waals surface area contributed by atoms with E-state index >= 15 is 0 Å². The summed E-state index contributed by atoms with van der Waals surface area (Å²) < 4.78 is 45.5. The molecule has 3 aromatic heterocycles. The Morgan fingerprint density at radius 1 is 0.486 bits per heavy atom. The molecule has 3 aliphatic rings. The number of nitrogens with zero attached hydrogens (tertiary/aromatic N) is 7. The third-order valence-electron chi connectivity index (χ3n) is 18.8. The maximum Gasteiger partial charge on any atom is 0.416 e. The molecule has 3 amide bonds. The summed E-state index contributed by atoms with van der Waals surface area (Å²) >= 11 is 19.0. The Balaban J connectivity index is 0.000000140. The first kappa shape index (κ1) is 72.2. The van der Waals surface area contributed by atoms with Crippen LogP contribution in [0.4, 0.5) is 30.2 Å². The minimum atomic E-state index is -4.56. The number of aryl methyl sites for hydroxylation is 5. The van der Waals surface area contributed by atoms with Crippen LogP contribution in [-0.2, 0) is 60.5 Å². The van der Waals surface area contributed by atoms with Gasteiger partial charge in [0.25, 0.3) is 5.91 Å². The molecule has 0 aliphatic carbocycles. The molecule has 0 saturated heterocycles. The van der Waals surface area contributed by atoms with Crippen LogP contribution in [-0.4, -0.2) is 99.9 Å². The first-order chi connectivity index (χ1) is 50.4. The lowest BCUT2D eigenvalue weighted by Gasteiger charge is -2.24. The molecule has 0 fully saturated rings. The van der Waals surface area contributed by atoms with Crippen LogP contribution in [0.25, 0.3) is 33.1 Å². The molecule has 12 aromatic rings. The Morgan fingerprint density at radius 3 is 1.54 bits per heavy atom. The van der Waals surface area contributed by atoms with Crippen LogP contribution in [0.3, 0.4) is 0 Å². The molecule has 9 aromatic carbocycles. The first-order valence-electron chi connectivity index (χ1n) is 33.9. The molecule has 19 nitrogen and oxygen atoms in total. The van der Waals surface area contributed by atoms with E-state index in [0.29, 0.717) is 102 Å². The van der Waals surface area contributed by atoms with Crippen molar-refractivity contribution in [3.05, 3.63) is 295 Å². The molecule has 15 rings (SSSR count). The molecular formula is C80H70Cl3F3N12O7. The fourth-order valence-electron chi connectivity index (χ4n) is 13.3. The minimum absolute atomic E-state index is 0.0317. The number of hydrogen-bond donors (Lipinski definition) is 6. The van der Waals surface area contributed by atoms with Crippen LogP contribution in [0.5, 0.6) is 0 Å². The third kappa shape index (κ3) is 15.4. The lowest BCUT2D eigenvalue weighted by atomic mass is 9.98. The SMILES string of the molecule is CCCCn1c(=O)[nH]c2cc(C3=NC(Cc4ccc(C)cc4)C(=O)Nc4ccc(Cl)cc43)ccc21.Cc1ccc(CC2N=C(c3ccc4c(c3)[nH]c(=O)n4C)c3cc(Cl)ccc3N(CCO)C2=O)cc1.Cn1c(=O)[nH]c2ccc(C3=NC(Cc4ccccc4C(F)(F)F)C(=O)Nc4ccc(Cl)cc43)cc21. The van der Waals surface area contributed by atoms with Gasteiger partial charge >= 0.3 is 23.2 Å². The lowest BCUT2D eigenvalue weighted by Crippen LogP contribution is -2.40. The molecular weight excluding hydrogens is 1400 g/mol. The molecule has 3 aliphatic heterocycles. The van der Waals surface area contributed by atoms with Gasteiger partial charge in [-0.1, -0.05) is 144 Å². The Labute approximate surface area is 614 Å². The van der Waals surface area contributed by atoms with Gasteiger partial charge in [-0.2, -0.15) is 13.2 Å². The van der Waals surface area contributed by atoms with E-state index in [1.807, 2.05) is 105 Å².